The van der Waals surface area contributed by atoms with Crippen molar-refractivity contribution >= 4 is 0 Å². The van der Waals surface area contributed by atoms with Gasteiger partial charge in [0.1, 0.15) is 11.6 Å². The minimum Gasteiger partial charge on any atom is -0.485 e. The van der Waals surface area contributed by atoms with Crippen molar-refractivity contribution < 1.29 is 13.7 Å². The van der Waals surface area contributed by atoms with Gasteiger partial charge < -0.3 is 14.6 Å². The SMILES string of the molecule is C[C@H](NCc1nc(COc2ccc(F)cc2)no1)[C@H](C)n1cccn1. The Labute approximate surface area is 144 Å². The van der Waals surface area contributed by atoms with E-state index in [2.05, 4.69) is 34.4 Å². The number of hydrogen-bond donors (Lipinski definition) is 1. The molecule has 0 aliphatic rings. The molecule has 7 nitrogen and oxygen atoms in total. The van der Waals surface area contributed by atoms with Crippen LogP contribution < -0.4 is 10.1 Å². The third-order valence-electron chi connectivity index (χ3n) is 3.93. The van der Waals surface area contributed by atoms with Gasteiger partial charge in [0.15, 0.2) is 6.61 Å². The molecule has 0 unspecified atom stereocenters. The lowest BCUT2D eigenvalue weighted by atomic mass is 10.2. The summed E-state index contributed by atoms with van der Waals surface area (Å²) in [4.78, 5) is 4.28. The molecule has 0 fully saturated rings. The molecule has 132 valence electrons. The zero-order chi connectivity index (χ0) is 17.6. The Hall–Kier alpha value is -2.74. The van der Waals surface area contributed by atoms with E-state index >= 15 is 0 Å². The van der Waals surface area contributed by atoms with Crippen molar-refractivity contribution in [2.75, 3.05) is 0 Å². The molecule has 0 aliphatic carbocycles. The lowest BCUT2D eigenvalue weighted by Crippen LogP contribution is -2.33. The third-order valence-corrected chi connectivity index (χ3v) is 3.93. The van der Waals surface area contributed by atoms with Gasteiger partial charge in [-0.05, 0) is 44.2 Å². The number of rotatable bonds is 8. The average Bonchev–Trinajstić information content (AvgIpc) is 3.30. The van der Waals surface area contributed by atoms with Crippen molar-refractivity contribution in [1.82, 2.24) is 25.2 Å². The quantitative estimate of drug-likeness (QED) is 0.676. The molecule has 0 saturated heterocycles. The van der Waals surface area contributed by atoms with Crippen LogP contribution in [0.1, 0.15) is 31.6 Å². The number of ether oxygens (including phenoxy) is 1. The van der Waals surface area contributed by atoms with Gasteiger partial charge in [0.25, 0.3) is 0 Å². The lowest BCUT2D eigenvalue weighted by Gasteiger charge is -2.20. The van der Waals surface area contributed by atoms with Gasteiger partial charge in [0.05, 0.1) is 12.6 Å². The summed E-state index contributed by atoms with van der Waals surface area (Å²) in [6, 6.07) is 8.04. The van der Waals surface area contributed by atoms with Crippen LogP contribution in [-0.2, 0) is 13.2 Å². The lowest BCUT2D eigenvalue weighted by molar-refractivity contribution is 0.283. The first-order chi connectivity index (χ1) is 12.1. The molecule has 1 N–H and O–H groups in total. The van der Waals surface area contributed by atoms with Gasteiger partial charge in [-0.1, -0.05) is 5.16 Å². The van der Waals surface area contributed by atoms with Gasteiger partial charge in [-0.25, -0.2) is 4.39 Å². The molecule has 0 radical (unpaired) electrons. The van der Waals surface area contributed by atoms with E-state index in [4.69, 9.17) is 9.26 Å². The summed E-state index contributed by atoms with van der Waals surface area (Å²) >= 11 is 0. The minimum absolute atomic E-state index is 0.161. The maximum atomic E-state index is 12.8. The monoisotopic (exact) mass is 345 g/mol. The summed E-state index contributed by atoms with van der Waals surface area (Å²) in [5, 5.41) is 11.5. The maximum absolute atomic E-state index is 12.8. The summed E-state index contributed by atoms with van der Waals surface area (Å²) < 4.78 is 25.4. The smallest absolute Gasteiger partial charge is 0.240 e. The number of aromatic nitrogens is 4. The van der Waals surface area contributed by atoms with E-state index < -0.39 is 0 Å². The first-order valence-electron chi connectivity index (χ1n) is 8.04. The van der Waals surface area contributed by atoms with E-state index in [1.54, 1.807) is 18.3 Å². The number of nitrogens with one attached hydrogen (secondary N) is 1. The van der Waals surface area contributed by atoms with E-state index in [1.807, 2.05) is 16.9 Å². The average molecular weight is 345 g/mol. The largest absolute Gasteiger partial charge is 0.485 e. The van der Waals surface area contributed by atoms with Crippen LogP contribution in [0, 0.1) is 5.82 Å². The predicted octanol–water partition coefficient (Wildman–Crippen LogP) is 2.72. The molecule has 3 rings (SSSR count). The topological polar surface area (TPSA) is 78.0 Å². The summed E-state index contributed by atoms with van der Waals surface area (Å²) in [7, 11) is 0. The Balaban J connectivity index is 1.47. The predicted molar refractivity (Wildman–Crippen MR) is 88.3 cm³/mol. The Kier molecular flexibility index (Phi) is 5.39. The molecule has 25 heavy (non-hydrogen) atoms. The van der Waals surface area contributed by atoms with Crippen molar-refractivity contribution in [2.24, 2.45) is 0 Å². The van der Waals surface area contributed by atoms with Crippen LogP contribution in [0.3, 0.4) is 0 Å². The standard InChI is InChI=1S/C17H20FN5O2/c1-12(13(2)23-9-3-8-20-23)19-10-17-21-16(22-25-17)11-24-15-6-4-14(18)5-7-15/h3-9,12-13,19H,10-11H2,1-2H3/t12-,13-/m0/s1. The van der Waals surface area contributed by atoms with Crippen LogP contribution in [0.4, 0.5) is 4.39 Å². The zero-order valence-electron chi connectivity index (χ0n) is 14.1. The fourth-order valence-electron chi connectivity index (χ4n) is 2.27. The van der Waals surface area contributed by atoms with E-state index in [0.717, 1.165) is 0 Å². The summed E-state index contributed by atoms with van der Waals surface area (Å²) in [6.45, 7) is 4.77. The van der Waals surface area contributed by atoms with E-state index in [9.17, 15) is 4.39 Å². The molecule has 2 atom stereocenters. The molecular formula is C17H20FN5O2. The highest BCUT2D eigenvalue weighted by Gasteiger charge is 2.15. The molecule has 0 spiro atoms. The molecule has 3 aromatic rings. The van der Waals surface area contributed by atoms with E-state index in [1.165, 1.54) is 12.1 Å². The van der Waals surface area contributed by atoms with E-state index in [0.29, 0.717) is 24.0 Å². The molecular weight excluding hydrogens is 325 g/mol. The second kappa shape index (κ2) is 7.89. The zero-order valence-corrected chi connectivity index (χ0v) is 14.1. The van der Waals surface area contributed by atoms with Gasteiger partial charge in [-0.2, -0.15) is 10.1 Å². The number of benzene rings is 1. The summed E-state index contributed by atoms with van der Waals surface area (Å²) in [6.07, 6.45) is 3.69. The Bertz CT molecular complexity index is 773. The Morgan fingerprint density at radius 1 is 1.28 bits per heavy atom. The van der Waals surface area contributed by atoms with Crippen molar-refractivity contribution in [3.8, 4) is 5.75 Å². The van der Waals surface area contributed by atoms with Crippen molar-refractivity contribution in [2.45, 2.75) is 39.1 Å². The second-order valence-corrected chi connectivity index (χ2v) is 5.74. The first kappa shape index (κ1) is 17.1. The Morgan fingerprint density at radius 2 is 2.08 bits per heavy atom. The minimum atomic E-state index is -0.307. The molecule has 0 amide bonds. The molecule has 8 heteroatoms. The van der Waals surface area contributed by atoms with Gasteiger partial charge >= 0.3 is 0 Å². The molecule has 1 aromatic carbocycles. The highest BCUT2D eigenvalue weighted by molar-refractivity contribution is 5.22. The summed E-state index contributed by atoms with van der Waals surface area (Å²) in [5.41, 5.74) is 0. The van der Waals surface area contributed by atoms with Crippen LogP contribution in [0.5, 0.6) is 5.75 Å². The fraction of sp³-hybridized carbons (Fsp3) is 0.353. The highest BCUT2D eigenvalue weighted by Crippen LogP contribution is 2.13. The van der Waals surface area contributed by atoms with Crippen LogP contribution in [0.25, 0.3) is 0 Å². The van der Waals surface area contributed by atoms with Crippen molar-refractivity contribution in [1.29, 1.82) is 0 Å². The van der Waals surface area contributed by atoms with Gasteiger partial charge in [0.2, 0.25) is 11.7 Å². The first-order valence-corrected chi connectivity index (χ1v) is 8.04. The highest BCUT2D eigenvalue weighted by atomic mass is 19.1. The van der Waals surface area contributed by atoms with E-state index in [-0.39, 0.29) is 24.5 Å². The second-order valence-electron chi connectivity index (χ2n) is 5.74. The van der Waals surface area contributed by atoms with Crippen molar-refractivity contribution in [3.63, 3.8) is 0 Å². The molecule has 2 heterocycles. The number of halogens is 1. The van der Waals surface area contributed by atoms with Gasteiger partial charge in [-0.15, -0.1) is 0 Å². The summed E-state index contributed by atoms with van der Waals surface area (Å²) in [5.74, 6) is 1.16. The van der Waals surface area contributed by atoms with Gasteiger partial charge in [0, 0.05) is 18.4 Å². The number of nitrogens with zero attached hydrogens (tertiary/aromatic N) is 4. The molecule has 2 aromatic heterocycles. The number of hydrogen-bond acceptors (Lipinski definition) is 6. The van der Waals surface area contributed by atoms with Crippen LogP contribution in [-0.4, -0.2) is 26.0 Å². The molecule has 0 saturated carbocycles. The molecule has 0 aliphatic heterocycles. The normalized spacial score (nSPS) is 13.6. The van der Waals surface area contributed by atoms with Crippen LogP contribution in [0.15, 0.2) is 47.2 Å². The third kappa shape index (κ3) is 4.63. The Morgan fingerprint density at radius 3 is 2.80 bits per heavy atom. The van der Waals surface area contributed by atoms with Crippen molar-refractivity contribution in [3.05, 3.63) is 60.3 Å². The van der Waals surface area contributed by atoms with Crippen LogP contribution >= 0.6 is 0 Å². The molecule has 0 bridgehead atoms. The fourth-order valence-corrected chi connectivity index (χ4v) is 2.27. The van der Waals surface area contributed by atoms with Gasteiger partial charge in [-0.3, -0.25) is 4.68 Å². The maximum Gasteiger partial charge on any atom is 0.240 e. The van der Waals surface area contributed by atoms with Crippen LogP contribution in [0.2, 0.25) is 0 Å².